The summed E-state index contributed by atoms with van der Waals surface area (Å²) in [5, 5.41) is 12.7. The summed E-state index contributed by atoms with van der Waals surface area (Å²) in [6.45, 7) is 0. The number of aromatic nitrogens is 1. The smallest absolute Gasteiger partial charge is 0.312 e. The summed E-state index contributed by atoms with van der Waals surface area (Å²) in [5.74, 6) is -1.77. The highest BCUT2D eigenvalue weighted by Gasteiger charge is 2.30. The minimum absolute atomic E-state index is 0.322. The zero-order chi connectivity index (χ0) is 15.0. The van der Waals surface area contributed by atoms with Gasteiger partial charge in [0.1, 0.15) is 11.7 Å². The first-order chi connectivity index (χ1) is 10.0. The molecule has 0 fully saturated rings. The Bertz CT molecular complexity index is 704. The quantitative estimate of drug-likeness (QED) is 0.845. The molecule has 110 valence electrons. The Morgan fingerprint density at radius 2 is 2.33 bits per heavy atom. The molecular weight excluding hydrogens is 359 g/mol. The summed E-state index contributed by atoms with van der Waals surface area (Å²) in [5.41, 5.74) is 0.944. The van der Waals surface area contributed by atoms with Gasteiger partial charge in [0.2, 0.25) is 0 Å². The number of fused-ring (bicyclic) bond motifs is 1. The molecule has 0 saturated carbocycles. The Balaban J connectivity index is 1.91. The van der Waals surface area contributed by atoms with Gasteiger partial charge in [-0.1, -0.05) is 15.9 Å². The summed E-state index contributed by atoms with van der Waals surface area (Å²) in [4.78, 5) is 16.6. The van der Waals surface area contributed by atoms with Crippen LogP contribution in [0.15, 0.2) is 22.7 Å². The van der Waals surface area contributed by atoms with Crippen molar-refractivity contribution in [1.29, 1.82) is 0 Å². The van der Waals surface area contributed by atoms with Crippen LogP contribution in [0, 0.1) is 5.82 Å². The molecule has 0 amide bonds. The Labute approximate surface area is 133 Å². The topological polar surface area (TPSA) is 62.2 Å². The van der Waals surface area contributed by atoms with Crippen molar-refractivity contribution in [2.75, 3.05) is 5.32 Å². The molecule has 1 aliphatic rings. The first-order valence-corrected chi connectivity index (χ1v) is 8.10. The van der Waals surface area contributed by atoms with Crippen molar-refractivity contribution in [2.24, 2.45) is 0 Å². The number of anilines is 2. The van der Waals surface area contributed by atoms with E-state index in [2.05, 4.69) is 26.2 Å². The van der Waals surface area contributed by atoms with Crippen LogP contribution in [-0.2, 0) is 11.2 Å². The Morgan fingerprint density at radius 1 is 1.52 bits per heavy atom. The van der Waals surface area contributed by atoms with E-state index in [1.165, 1.54) is 17.4 Å². The third-order valence-electron chi connectivity index (χ3n) is 3.42. The van der Waals surface area contributed by atoms with Gasteiger partial charge in [-0.3, -0.25) is 4.79 Å². The molecule has 2 aromatic rings. The van der Waals surface area contributed by atoms with Crippen LogP contribution in [0.5, 0.6) is 0 Å². The number of nitrogens with one attached hydrogen (secondary N) is 1. The Hall–Kier alpha value is -1.47. The molecule has 0 bridgehead atoms. The molecule has 2 N–H and O–H groups in total. The van der Waals surface area contributed by atoms with Crippen LogP contribution in [0.2, 0.25) is 0 Å². The van der Waals surface area contributed by atoms with Crippen LogP contribution in [0.25, 0.3) is 0 Å². The fourth-order valence-corrected chi connectivity index (χ4v) is 3.86. The van der Waals surface area contributed by atoms with E-state index in [1.807, 2.05) is 0 Å². The number of carbonyl (C=O) groups is 1. The zero-order valence-electron chi connectivity index (χ0n) is 10.9. The van der Waals surface area contributed by atoms with Crippen molar-refractivity contribution in [2.45, 2.75) is 25.2 Å². The SMILES string of the molecule is O=C(O)C1CCCc2sc(Nc3cc(Br)ccc3F)nc21. The van der Waals surface area contributed by atoms with Crippen molar-refractivity contribution in [3.63, 3.8) is 0 Å². The maximum absolute atomic E-state index is 13.7. The molecule has 1 aliphatic carbocycles. The average Bonchev–Trinajstić information content (AvgIpc) is 2.84. The molecule has 0 aliphatic heterocycles. The van der Waals surface area contributed by atoms with E-state index in [0.717, 1.165) is 22.2 Å². The highest BCUT2D eigenvalue weighted by atomic mass is 79.9. The van der Waals surface area contributed by atoms with Crippen molar-refractivity contribution in [1.82, 2.24) is 4.98 Å². The first kappa shape index (κ1) is 14.5. The van der Waals surface area contributed by atoms with Gasteiger partial charge in [0, 0.05) is 9.35 Å². The number of carboxylic acids is 1. The number of benzene rings is 1. The van der Waals surface area contributed by atoms with E-state index in [4.69, 9.17) is 0 Å². The van der Waals surface area contributed by atoms with E-state index >= 15 is 0 Å². The van der Waals surface area contributed by atoms with Gasteiger partial charge in [0.25, 0.3) is 0 Å². The van der Waals surface area contributed by atoms with Gasteiger partial charge in [-0.05, 0) is 37.5 Å². The third-order valence-corrected chi connectivity index (χ3v) is 4.96. The lowest BCUT2D eigenvalue weighted by molar-refractivity contribution is -0.139. The minimum atomic E-state index is -0.846. The largest absolute Gasteiger partial charge is 0.481 e. The molecule has 0 radical (unpaired) electrons. The van der Waals surface area contributed by atoms with Gasteiger partial charge in [0.15, 0.2) is 5.13 Å². The maximum Gasteiger partial charge on any atom is 0.312 e. The van der Waals surface area contributed by atoms with Gasteiger partial charge in [-0.2, -0.15) is 0 Å². The summed E-state index contributed by atoms with van der Waals surface area (Å²) >= 11 is 4.69. The summed E-state index contributed by atoms with van der Waals surface area (Å²) in [6, 6.07) is 4.61. The molecule has 1 atom stereocenters. The van der Waals surface area contributed by atoms with Crippen LogP contribution in [0.4, 0.5) is 15.2 Å². The molecule has 4 nitrogen and oxygen atoms in total. The van der Waals surface area contributed by atoms with Crippen molar-refractivity contribution in [3.8, 4) is 0 Å². The second-order valence-corrected chi connectivity index (χ2v) is 6.86. The molecule has 0 spiro atoms. The molecule has 1 aromatic carbocycles. The lowest BCUT2D eigenvalue weighted by Gasteiger charge is -2.16. The van der Waals surface area contributed by atoms with Crippen LogP contribution in [0.3, 0.4) is 0 Å². The molecule has 0 saturated heterocycles. The molecule has 1 unspecified atom stereocenters. The predicted molar refractivity (Wildman–Crippen MR) is 82.8 cm³/mol. The zero-order valence-corrected chi connectivity index (χ0v) is 13.3. The first-order valence-electron chi connectivity index (χ1n) is 6.49. The minimum Gasteiger partial charge on any atom is -0.481 e. The van der Waals surface area contributed by atoms with Gasteiger partial charge in [-0.15, -0.1) is 11.3 Å². The number of carboxylic acid groups (broad SMARTS) is 1. The predicted octanol–water partition coefficient (Wildman–Crippen LogP) is 4.29. The second kappa shape index (κ2) is 5.73. The van der Waals surface area contributed by atoms with Crippen LogP contribution in [0.1, 0.15) is 29.3 Å². The average molecular weight is 371 g/mol. The highest BCUT2D eigenvalue weighted by Crippen LogP contribution is 2.38. The van der Waals surface area contributed by atoms with E-state index < -0.39 is 11.9 Å². The fraction of sp³-hybridized carbons (Fsp3) is 0.286. The van der Waals surface area contributed by atoms with Gasteiger partial charge >= 0.3 is 5.97 Å². The molecule has 3 rings (SSSR count). The molecule has 1 heterocycles. The van der Waals surface area contributed by atoms with Crippen molar-refractivity contribution < 1.29 is 14.3 Å². The molecular formula is C14H12BrFN2O2S. The van der Waals surface area contributed by atoms with Crippen LogP contribution in [-0.4, -0.2) is 16.1 Å². The fourth-order valence-electron chi connectivity index (χ4n) is 2.42. The summed E-state index contributed by atoms with van der Waals surface area (Å²) in [7, 11) is 0. The van der Waals surface area contributed by atoms with E-state index in [0.29, 0.717) is 22.9 Å². The number of nitrogens with zero attached hydrogens (tertiary/aromatic N) is 1. The number of aryl methyl sites for hydroxylation is 1. The molecule has 7 heteroatoms. The number of rotatable bonds is 3. The normalized spacial score (nSPS) is 17.3. The van der Waals surface area contributed by atoms with Gasteiger partial charge in [0.05, 0.1) is 11.4 Å². The summed E-state index contributed by atoms with van der Waals surface area (Å²) in [6.07, 6.45) is 2.28. The third kappa shape index (κ3) is 2.94. The second-order valence-electron chi connectivity index (χ2n) is 4.86. The monoisotopic (exact) mass is 370 g/mol. The molecule has 1 aromatic heterocycles. The lowest BCUT2D eigenvalue weighted by atomic mass is 9.91. The Morgan fingerprint density at radius 3 is 3.10 bits per heavy atom. The maximum atomic E-state index is 13.7. The van der Waals surface area contributed by atoms with Crippen molar-refractivity contribution in [3.05, 3.63) is 39.1 Å². The number of halogens is 2. The standard InChI is InChI=1S/C14H12BrFN2O2S/c15-7-4-5-9(16)10(6-7)17-14-18-12-8(13(19)20)2-1-3-11(12)21-14/h4-6,8H,1-3H2,(H,17,18)(H,19,20). The van der Waals surface area contributed by atoms with E-state index in [1.54, 1.807) is 12.1 Å². The number of aliphatic carboxylic acids is 1. The van der Waals surface area contributed by atoms with Gasteiger partial charge in [-0.25, -0.2) is 9.37 Å². The van der Waals surface area contributed by atoms with E-state index in [9.17, 15) is 14.3 Å². The number of hydrogen-bond donors (Lipinski definition) is 2. The van der Waals surface area contributed by atoms with Crippen molar-refractivity contribution >= 4 is 44.1 Å². The van der Waals surface area contributed by atoms with Gasteiger partial charge < -0.3 is 10.4 Å². The van der Waals surface area contributed by atoms with E-state index in [-0.39, 0.29) is 5.82 Å². The number of hydrogen-bond acceptors (Lipinski definition) is 4. The highest BCUT2D eigenvalue weighted by molar-refractivity contribution is 9.10. The Kier molecular flexibility index (Phi) is 3.95. The molecule has 21 heavy (non-hydrogen) atoms. The van der Waals surface area contributed by atoms with Crippen LogP contribution < -0.4 is 5.32 Å². The van der Waals surface area contributed by atoms with Crippen LogP contribution >= 0.6 is 27.3 Å². The lowest BCUT2D eigenvalue weighted by Crippen LogP contribution is -2.17. The number of thiazole rings is 1. The summed E-state index contributed by atoms with van der Waals surface area (Å²) < 4.78 is 14.5.